The molecule has 0 spiro atoms. The van der Waals surface area contributed by atoms with Gasteiger partial charge in [-0.15, -0.1) is 0 Å². The van der Waals surface area contributed by atoms with Crippen LogP contribution in [-0.2, 0) is 5.41 Å². The van der Waals surface area contributed by atoms with Gasteiger partial charge in [0.25, 0.3) is 0 Å². The first kappa shape index (κ1) is 15.0. The largest absolute Gasteiger partial charge is 0.497 e. The molecule has 1 atom stereocenters. The second-order valence-corrected chi connectivity index (χ2v) is 5.08. The van der Waals surface area contributed by atoms with E-state index in [0.29, 0.717) is 6.54 Å². The number of methoxy groups -OCH3 is 1. The van der Waals surface area contributed by atoms with Crippen molar-refractivity contribution in [1.82, 2.24) is 5.32 Å². The summed E-state index contributed by atoms with van der Waals surface area (Å²) in [4.78, 5) is 0. The lowest BCUT2D eigenvalue weighted by Gasteiger charge is -2.26. The van der Waals surface area contributed by atoms with Gasteiger partial charge in [-0.25, -0.2) is 0 Å². The number of aliphatic hydroxyl groups is 2. The van der Waals surface area contributed by atoms with Crippen molar-refractivity contribution in [2.45, 2.75) is 25.4 Å². The monoisotopic (exact) mass is 253 g/mol. The van der Waals surface area contributed by atoms with E-state index in [2.05, 4.69) is 19.2 Å². The number of benzene rings is 1. The van der Waals surface area contributed by atoms with Gasteiger partial charge in [0.05, 0.1) is 19.8 Å². The van der Waals surface area contributed by atoms with Crippen LogP contribution in [0.2, 0.25) is 0 Å². The van der Waals surface area contributed by atoms with Crippen molar-refractivity contribution in [3.05, 3.63) is 29.8 Å². The number of ether oxygens (including phenoxy) is 1. The van der Waals surface area contributed by atoms with Crippen LogP contribution in [0.4, 0.5) is 0 Å². The SMILES string of the molecule is COc1ccc(C(C)(C)CNCC(O)CO)cc1. The van der Waals surface area contributed by atoms with Gasteiger partial charge in [0.1, 0.15) is 5.75 Å². The van der Waals surface area contributed by atoms with Gasteiger partial charge in [-0.05, 0) is 17.7 Å². The first-order chi connectivity index (χ1) is 8.49. The van der Waals surface area contributed by atoms with E-state index in [1.54, 1.807) is 7.11 Å². The Bertz CT molecular complexity index is 349. The Hall–Kier alpha value is -1.10. The fourth-order valence-corrected chi connectivity index (χ4v) is 1.76. The fourth-order valence-electron chi connectivity index (χ4n) is 1.76. The Morgan fingerprint density at radius 2 is 1.89 bits per heavy atom. The predicted octanol–water partition coefficient (Wildman–Crippen LogP) is 0.916. The molecule has 0 heterocycles. The molecule has 0 aliphatic heterocycles. The zero-order valence-electron chi connectivity index (χ0n) is 11.3. The van der Waals surface area contributed by atoms with Crippen molar-refractivity contribution in [1.29, 1.82) is 0 Å². The van der Waals surface area contributed by atoms with Gasteiger partial charge in [-0.2, -0.15) is 0 Å². The van der Waals surface area contributed by atoms with E-state index in [0.717, 1.165) is 12.3 Å². The molecule has 0 saturated heterocycles. The molecule has 4 nitrogen and oxygen atoms in total. The molecule has 0 radical (unpaired) electrons. The highest BCUT2D eigenvalue weighted by Gasteiger charge is 2.20. The smallest absolute Gasteiger partial charge is 0.118 e. The first-order valence-corrected chi connectivity index (χ1v) is 6.14. The molecule has 3 N–H and O–H groups in total. The van der Waals surface area contributed by atoms with E-state index in [4.69, 9.17) is 9.84 Å². The van der Waals surface area contributed by atoms with Crippen LogP contribution in [0.15, 0.2) is 24.3 Å². The third-order valence-electron chi connectivity index (χ3n) is 3.03. The van der Waals surface area contributed by atoms with Gasteiger partial charge in [-0.3, -0.25) is 0 Å². The summed E-state index contributed by atoms with van der Waals surface area (Å²) in [6.07, 6.45) is -0.698. The summed E-state index contributed by atoms with van der Waals surface area (Å²) in [6, 6.07) is 7.98. The summed E-state index contributed by atoms with van der Waals surface area (Å²) in [5, 5.41) is 21.2. The number of rotatable bonds is 7. The molecular formula is C14H23NO3. The Labute approximate surface area is 109 Å². The lowest BCUT2D eigenvalue weighted by Crippen LogP contribution is -2.38. The topological polar surface area (TPSA) is 61.7 Å². The van der Waals surface area contributed by atoms with Crippen LogP contribution in [-0.4, -0.2) is 43.1 Å². The minimum atomic E-state index is -0.698. The van der Waals surface area contributed by atoms with Crippen LogP contribution in [0.3, 0.4) is 0 Å². The molecule has 0 saturated carbocycles. The van der Waals surface area contributed by atoms with Crippen LogP contribution < -0.4 is 10.1 Å². The van der Waals surface area contributed by atoms with Gasteiger partial charge in [0.2, 0.25) is 0 Å². The molecule has 0 aliphatic carbocycles. The molecular weight excluding hydrogens is 230 g/mol. The van der Waals surface area contributed by atoms with Crippen molar-refractivity contribution >= 4 is 0 Å². The summed E-state index contributed by atoms with van der Waals surface area (Å²) in [5.41, 5.74) is 1.16. The van der Waals surface area contributed by atoms with E-state index >= 15 is 0 Å². The Morgan fingerprint density at radius 1 is 1.28 bits per heavy atom. The minimum Gasteiger partial charge on any atom is -0.497 e. The molecule has 0 bridgehead atoms. The maximum atomic E-state index is 9.26. The Kier molecular flexibility index (Phi) is 5.59. The van der Waals surface area contributed by atoms with Gasteiger partial charge in [-0.1, -0.05) is 26.0 Å². The van der Waals surface area contributed by atoms with Crippen molar-refractivity contribution < 1.29 is 14.9 Å². The van der Waals surface area contributed by atoms with E-state index in [1.807, 2.05) is 24.3 Å². The van der Waals surface area contributed by atoms with Gasteiger partial charge >= 0.3 is 0 Å². The molecule has 4 heteroatoms. The summed E-state index contributed by atoms with van der Waals surface area (Å²) >= 11 is 0. The predicted molar refractivity (Wildman–Crippen MR) is 72.0 cm³/mol. The highest BCUT2D eigenvalue weighted by Crippen LogP contribution is 2.24. The second kappa shape index (κ2) is 6.73. The molecule has 0 fully saturated rings. The molecule has 0 amide bonds. The van der Waals surface area contributed by atoms with Gasteiger partial charge < -0.3 is 20.3 Å². The fraction of sp³-hybridized carbons (Fsp3) is 0.571. The normalized spacial score (nSPS) is 13.4. The van der Waals surface area contributed by atoms with E-state index in [9.17, 15) is 5.11 Å². The van der Waals surface area contributed by atoms with E-state index < -0.39 is 6.10 Å². The summed E-state index contributed by atoms with van der Waals surface area (Å²) in [5.74, 6) is 0.846. The van der Waals surface area contributed by atoms with Crippen molar-refractivity contribution in [2.75, 3.05) is 26.8 Å². The van der Waals surface area contributed by atoms with Crippen LogP contribution in [0, 0.1) is 0 Å². The molecule has 0 aromatic heterocycles. The van der Waals surface area contributed by atoms with E-state index in [1.165, 1.54) is 5.56 Å². The minimum absolute atomic E-state index is 0.0402. The van der Waals surface area contributed by atoms with Crippen molar-refractivity contribution in [2.24, 2.45) is 0 Å². The Morgan fingerprint density at radius 3 is 2.39 bits per heavy atom. The maximum absolute atomic E-state index is 9.26. The molecule has 1 aromatic rings. The highest BCUT2D eigenvalue weighted by atomic mass is 16.5. The van der Waals surface area contributed by atoms with Crippen molar-refractivity contribution in [3.63, 3.8) is 0 Å². The molecule has 102 valence electrons. The molecule has 18 heavy (non-hydrogen) atoms. The lowest BCUT2D eigenvalue weighted by atomic mass is 9.84. The summed E-state index contributed by atoms with van der Waals surface area (Å²) in [7, 11) is 1.65. The van der Waals surface area contributed by atoms with Crippen LogP contribution in [0.1, 0.15) is 19.4 Å². The molecule has 1 unspecified atom stereocenters. The highest BCUT2D eigenvalue weighted by molar-refractivity contribution is 5.31. The third kappa shape index (κ3) is 4.29. The average Bonchev–Trinajstić information content (AvgIpc) is 2.38. The number of hydrogen-bond donors (Lipinski definition) is 3. The molecule has 1 rings (SSSR count). The number of aliphatic hydroxyl groups excluding tert-OH is 2. The summed E-state index contributed by atoms with van der Waals surface area (Å²) in [6.45, 7) is 5.18. The standard InChI is InChI=1S/C14H23NO3/c1-14(2,10-15-8-12(17)9-16)11-4-6-13(18-3)7-5-11/h4-7,12,15-17H,8-10H2,1-3H3. The van der Waals surface area contributed by atoms with Crippen molar-refractivity contribution in [3.8, 4) is 5.75 Å². The quantitative estimate of drug-likeness (QED) is 0.676. The van der Waals surface area contributed by atoms with Crippen LogP contribution >= 0.6 is 0 Å². The number of hydrogen-bond acceptors (Lipinski definition) is 4. The third-order valence-corrected chi connectivity index (χ3v) is 3.03. The molecule has 1 aromatic carbocycles. The van der Waals surface area contributed by atoms with Crippen LogP contribution in [0.25, 0.3) is 0 Å². The molecule has 0 aliphatic rings. The lowest BCUT2D eigenvalue weighted by molar-refractivity contribution is 0.0934. The average molecular weight is 253 g/mol. The van der Waals surface area contributed by atoms with Gasteiger partial charge in [0.15, 0.2) is 0 Å². The maximum Gasteiger partial charge on any atom is 0.118 e. The second-order valence-electron chi connectivity index (χ2n) is 5.08. The van der Waals surface area contributed by atoms with Gasteiger partial charge in [0, 0.05) is 18.5 Å². The Balaban J connectivity index is 2.56. The summed E-state index contributed by atoms with van der Waals surface area (Å²) < 4.78 is 5.13. The zero-order chi connectivity index (χ0) is 13.6. The first-order valence-electron chi connectivity index (χ1n) is 6.14. The van der Waals surface area contributed by atoms with Crippen LogP contribution in [0.5, 0.6) is 5.75 Å². The van der Waals surface area contributed by atoms with E-state index in [-0.39, 0.29) is 12.0 Å². The number of nitrogens with one attached hydrogen (secondary N) is 1. The zero-order valence-corrected chi connectivity index (χ0v) is 11.3.